The van der Waals surface area contributed by atoms with Gasteiger partial charge in [0.1, 0.15) is 0 Å². The van der Waals surface area contributed by atoms with E-state index in [1.165, 1.54) is 11.3 Å². The van der Waals surface area contributed by atoms with Gasteiger partial charge in [-0.25, -0.2) is 4.98 Å². The lowest BCUT2D eigenvalue weighted by atomic mass is 10.1. The molecular formula is C27H27N5O3S. The zero-order valence-corrected chi connectivity index (χ0v) is 20.6. The number of aromatic nitrogens is 2. The van der Waals surface area contributed by atoms with Crippen molar-refractivity contribution in [2.24, 2.45) is 0 Å². The highest BCUT2D eigenvalue weighted by Gasteiger charge is 2.20. The molecule has 8 nitrogen and oxygen atoms in total. The summed E-state index contributed by atoms with van der Waals surface area (Å²) in [4.78, 5) is 44.4. The van der Waals surface area contributed by atoms with Crippen LogP contribution in [0, 0.1) is 0 Å². The number of amides is 2. The van der Waals surface area contributed by atoms with Gasteiger partial charge in [-0.3, -0.25) is 19.7 Å². The highest BCUT2D eigenvalue weighted by Crippen LogP contribution is 2.25. The third kappa shape index (κ3) is 5.31. The van der Waals surface area contributed by atoms with Gasteiger partial charge >= 0.3 is 0 Å². The predicted molar refractivity (Wildman–Crippen MR) is 142 cm³/mol. The second-order valence-corrected chi connectivity index (χ2v) is 9.65. The van der Waals surface area contributed by atoms with Crippen LogP contribution >= 0.6 is 11.3 Å². The van der Waals surface area contributed by atoms with E-state index >= 15 is 0 Å². The Morgan fingerprint density at radius 3 is 2.64 bits per heavy atom. The lowest BCUT2D eigenvalue weighted by Crippen LogP contribution is -2.26. The molecule has 184 valence electrons. The van der Waals surface area contributed by atoms with Gasteiger partial charge in [0.15, 0.2) is 5.78 Å². The van der Waals surface area contributed by atoms with Crippen LogP contribution in [0.5, 0.6) is 0 Å². The van der Waals surface area contributed by atoms with E-state index in [2.05, 4.69) is 10.6 Å². The van der Waals surface area contributed by atoms with Crippen LogP contribution in [0.15, 0.2) is 66.0 Å². The van der Waals surface area contributed by atoms with Gasteiger partial charge in [-0.2, -0.15) is 0 Å². The van der Waals surface area contributed by atoms with Crippen molar-refractivity contribution in [3.63, 3.8) is 0 Å². The second kappa shape index (κ2) is 10.7. The highest BCUT2D eigenvalue weighted by molar-refractivity contribution is 7.12. The quantitative estimate of drug-likeness (QED) is 0.308. The van der Waals surface area contributed by atoms with E-state index < -0.39 is 0 Å². The van der Waals surface area contributed by atoms with Gasteiger partial charge in [-0.15, -0.1) is 11.3 Å². The molecule has 0 radical (unpaired) electrons. The van der Waals surface area contributed by atoms with Crippen LogP contribution in [0.3, 0.4) is 0 Å². The molecule has 0 aliphatic carbocycles. The Balaban J connectivity index is 1.34. The van der Waals surface area contributed by atoms with Crippen molar-refractivity contribution in [1.29, 1.82) is 0 Å². The molecule has 36 heavy (non-hydrogen) atoms. The third-order valence-corrected chi connectivity index (χ3v) is 7.12. The third-order valence-electron chi connectivity index (χ3n) is 6.25. The first-order chi connectivity index (χ1) is 17.6. The topological polar surface area (TPSA) is 96.3 Å². The molecule has 2 aromatic carbocycles. The number of thiophene rings is 1. The Morgan fingerprint density at radius 1 is 1.03 bits per heavy atom. The summed E-state index contributed by atoms with van der Waals surface area (Å²) in [5.41, 5.74) is 3.02. The Morgan fingerprint density at radius 2 is 1.89 bits per heavy atom. The minimum Gasteiger partial charge on any atom is -0.378 e. The number of anilines is 2. The normalized spacial score (nSPS) is 13.3. The Bertz CT molecular complexity index is 1380. The van der Waals surface area contributed by atoms with E-state index in [1.807, 2.05) is 57.3 Å². The smallest absolute Gasteiger partial charge is 0.268 e. The van der Waals surface area contributed by atoms with Crippen LogP contribution < -0.4 is 10.6 Å². The summed E-state index contributed by atoms with van der Waals surface area (Å²) in [7, 11) is 0. The maximum atomic E-state index is 12.8. The number of aryl methyl sites for hydroxylation is 1. The summed E-state index contributed by atoms with van der Waals surface area (Å²) in [6, 6.07) is 18.5. The standard InChI is InChI=1S/C27H27N5O3S/c33-23(19-7-2-1-3-8-19)18-28-20-11-12-22-21(17-20)29-27(30-26(35)24-9-5-16-36-24)32(22)15-6-14-31-13-4-10-25(31)34/h1-3,5,7-9,11-12,16-17,28H,4,6,10,13-15,18H2,(H,29,30,35). The fourth-order valence-electron chi connectivity index (χ4n) is 4.40. The van der Waals surface area contributed by atoms with Crippen molar-refractivity contribution in [2.45, 2.75) is 25.8 Å². The lowest BCUT2D eigenvalue weighted by Gasteiger charge is -2.16. The number of imidazole rings is 1. The number of Topliss-reactive ketones (excluding diaryl/α,β-unsaturated/α-hetero) is 1. The van der Waals surface area contributed by atoms with Gasteiger partial charge in [0, 0.05) is 37.3 Å². The van der Waals surface area contributed by atoms with Crippen LogP contribution in [0.1, 0.15) is 39.3 Å². The molecule has 9 heteroatoms. The molecule has 0 unspecified atom stereocenters. The lowest BCUT2D eigenvalue weighted by molar-refractivity contribution is -0.127. The number of hydrogen-bond donors (Lipinski definition) is 2. The molecular weight excluding hydrogens is 474 g/mol. The molecule has 4 aromatic rings. The molecule has 1 fully saturated rings. The summed E-state index contributed by atoms with van der Waals surface area (Å²) >= 11 is 1.37. The number of carbonyl (C=O) groups is 3. The average Bonchev–Trinajstić information content (AvgIpc) is 3.64. The maximum Gasteiger partial charge on any atom is 0.268 e. The minimum absolute atomic E-state index is 0.00147. The van der Waals surface area contributed by atoms with Crippen LogP contribution in [0.25, 0.3) is 11.0 Å². The van der Waals surface area contributed by atoms with E-state index in [-0.39, 0.29) is 24.1 Å². The molecule has 2 aromatic heterocycles. The number of likely N-dealkylation sites (tertiary alicyclic amines) is 1. The number of nitrogens with zero attached hydrogens (tertiary/aromatic N) is 3. The van der Waals surface area contributed by atoms with Gasteiger partial charge < -0.3 is 14.8 Å². The van der Waals surface area contributed by atoms with E-state index in [1.54, 1.807) is 18.2 Å². The van der Waals surface area contributed by atoms with Crippen molar-refractivity contribution in [1.82, 2.24) is 14.5 Å². The molecule has 5 rings (SSSR count). The van der Waals surface area contributed by atoms with E-state index in [4.69, 9.17) is 4.98 Å². The predicted octanol–water partition coefficient (Wildman–Crippen LogP) is 4.66. The monoisotopic (exact) mass is 501 g/mol. The van der Waals surface area contributed by atoms with Gasteiger partial charge in [0.2, 0.25) is 11.9 Å². The van der Waals surface area contributed by atoms with Crippen molar-refractivity contribution in [3.05, 3.63) is 76.5 Å². The number of nitrogens with one attached hydrogen (secondary N) is 2. The first kappa shape index (κ1) is 23.7. The number of hydrogen-bond acceptors (Lipinski definition) is 6. The minimum atomic E-state index is -0.205. The largest absolute Gasteiger partial charge is 0.378 e. The zero-order valence-electron chi connectivity index (χ0n) is 19.8. The molecule has 0 saturated carbocycles. The van der Waals surface area contributed by atoms with Crippen LogP contribution in [-0.2, 0) is 11.3 Å². The molecule has 3 heterocycles. The van der Waals surface area contributed by atoms with Gasteiger partial charge in [0.25, 0.3) is 5.91 Å². The Kier molecular flexibility index (Phi) is 7.08. The summed E-state index contributed by atoms with van der Waals surface area (Å²) in [6.07, 6.45) is 2.29. The number of ketones is 1. The van der Waals surface area contributed by atoms with Crippen molar-refractivity contribution in [3.8, 4) is 0 Å². The van der Waals surface area contributed by atoms with Crippen molar-refractivity contribution < 1.29 is 14.4 Å². The number of carbonyl (C=O) groups excluding carboxylic acids is 3. The molecule has 0 bridgehead atoms. The zero-order chi connectivity index (χ0) is 24.9. The van der Waals surface area contributed by atoms with E-state index in [0.717, 1.165) is 30.6 Å². The van der Waals surface area contributed by atoms with Crippen LogP contribution in [0.2, 0.25) is 0 Å². The summed E-state index contributed by atoms with van der Waals surface area (Å²) in [5.74, 6) is 0.468. The molecule has 0 atom stereocenters. The fourth-order valence-corrected chi connectivity index (χ4v) is 5.02. The van der Waals surface area contributed by atoms with Gasteiger partial charge in [-0.05, 0) is 42.5 Å². The fraction of sp³-hybridized carbons (Fsp3) is 0.259. The molecule has 2 amide bonds. The van der Waals surface area contributed by atoms with Gasteiger partial charge in [0.05, 0.1) is 22.5 Å². The first-order valence-corrected chi connectivity index (χ1v) is 12.9. The molecule has 1 saturated heterocycles. The molecule has 0 spiro atoms. The molecule has 2 N–H and O–H groups in total. The van der Waals surface area contributed by atoms with Crippen molar-refractivity contribution in [2.75, 3.05) is 30.3 Å². The number of fused-ring (bicyclic) bond motifs is 1. The SMILES string of the molecule is O=C(CNc1ccc2c(c1)nc(NC(=O)c1cccs1)n2CCCN1CCCC1=O)c1ccccc1. The second-order valence-electron chi connectivity index (χ2n) is 8.70. The van der Waals surface area contributed by atoms with Crippen molar-refractivity contribution >= 4 is 51.6 Å². The maximum absolute atomic E-state index is 12.8. The number of benzene rings is 2. The Labute approximate surface area is 212 Å². The first-order valence-electron chi connectivity index (χ1n) is 12.0. The number of rotatable bonds is 10. The summed E-state index contributed by atoms with van der Waals surface area (Å²) < 4.78 is 1.99. The average molecular weight is 502 g/mol. The van der Waals surface area contributed by atoms with E-state index in [9.17, 15) is 14.4 Å². The highest BCUT2D eigenvalue weighted by atomic mass is 32.1. The van der Waals surface area contributed by atoms with E-state index in [0.29, 0.717) is 41.4 Å². The summed E-state index contributed by atoms with van der Waals surface area (Å²) in [6.45, 7) is 2.27. The molecule has 1 aliphatic heterocycles. The van der Waals surface area contributed by atoms with Crippen LogP contribution in [-0.4, -0.2) is 51.7 Å². The summed E-state index contributed by atoms with van der Waals surface area (Å²) in [5, 5.41) is 7.99. The van der Waals surface area contributed by atoms with Gasteiger partial charge in [-0.1, -0.05) is 36.4 Å². The van der Waals surface area contributed by atoms with Crippen LogP contribution in [0.4, 0.5) is 11.6 Å². The molecule has 1 aliphatic rings. The Hall–Kier alpha value is -3.98.